The van der Waals surface area contributed by atoms with Crippen molar-refractivity contribution in [1.82, 2.24) is 10.1 Å². The fraction of sp³-hybridized carbons (Fsp3) is 0.360. The highest BCUT2D eigenvalue weighted by molar-refractivity contribution is 6.42. The summed E-state index contributed by atoms with van der Waals surface area (Å²) < 4.78 is 16.3. The molecule has 3 aromatic rings. The number of nitrogens with zero attached hydrogens (tertiary/aromatic N) is 3. The number of aromatic nitrogens is 1. The third kappa shape index (κ3) is 4.07. The van der Waals surface area contributed by atoms with Gasteiger partial charge in [0.2, 0.25) is 5.91 Å². The average molecular weight is 502 g/mol. The summed E-state index contributed by atoms with van der Waals surface area (Å²) in [5.41, 5.74) is 1.92. The van der Waals surface area contributed by atoms with E-state index in [9.17, 15) is 4.79 Å². The van der Waals surface area contributed by atoms with Gasteiger partial charge in [-0.2, -0.15) is 0 Å². The number of amides is 1. The number of carbonyl (C=O) groups is 1. The highest BCUT2D eigenvalue weighted by Gasteiger charge is 2.55. The molecule has 2 aromatic carbocycles. The number of carbonyl (C=O) groups excluding carboxylic acids is 1. The van der Waals surface area contributed by atoms with Gasteiger partial charge in [0.05, 0.1) is 35.4 Å². The van der Waals surface area contributed by atoms with E-state index in [2.05, 4.69) is 10.1 Å². The van der Waals surface area contributed by atoms with Crippen molar-refractivity contribution in [3.05, 3.63) is 58.2 Å². The minimum atomic E-state index is -0.593. The number of hydrogen-bond acceptors (Lipinski definition) is 6. The van der Waals surface area contributed by atoms with E-state index < -0.39 is 5.41 Å². The van der Waals surface area contributed by atoms with Crippen LogP contribution in [0.25, 0.3) is 11.3 Å². The molecule has 34 heavy (non-hydrogen) atoms. The molecular weight excluding hydrogens is 477 g/mol. The number of benzene rings is 2. The zero-order valence-corrected chi connectivity index (χ0v) is 20.5. The first kappa shape index (κ1) is 22.9. The van der Waals surface area contributed by atoms with Crippen LogP contribution in [0.3, 0.4) is 0 Å². The van der Waals surface area contributed by atoms with Gasteiger partial charge in [0, 0.05) is 43.5 Å². The number of halogens is 2. The Bertz CT molecular complexity index is 1220. The van der Waals surface area contributed by atoms with E-state index in [1.54, 1.807) is 20.3 Å². The summed E-state index contributed by atoms with van der Waals surface area (Å²) in [6.07, 6.45) is 1.55. The molecule has 1 saturated heterocycles. The first-order valence-electron chi connectivity index (χ1n) is 11.1. The quantitative estimate of drug-likeness (QED) is 0.470. The van der Waals surface area contributed by atoms with Crippen LogP contribution in [0.15, 0.2) is 47.0 Å². The van der Waals surface area contributed by atoms with Gasteiger partial charge >= 0.3 is 0 Å². The predicted octanol–water partition coefficient (Wildman–Crippen LogP) is 5.05. The third-order valence-corrected chi connectivity index (χ3v) is 7.40. The van der Waals surface area contributed by atoms with Gasteiger partial charge in [0.25, 0.3) is 0 Å². The van der Waals surface area contributed by atoms with Crippen LogP contribution in [0.1, 0.15) is 18.5 Å². The lowest BCUT2D eigenvalue weighted by Crippen LogP contribution is -2.51. The molecular formula is C25H25Cl2N3O4. The normalized spacial score (nSPS) is 16.9. The molecule has 0 N–H and O–H groups in total. The van der Waals surface area contributed by atoms with E-state index in [-0.39, 0.29) is 5.91 Å². The minimum Gasteiger partial charge on any atom is -0.493 e. The van der Waals surface area contributed by atoms with E-state index in [0.717, 1.165) is 37.2 Å². The molecule has 178 valence electrons. The van der Waals surface area contributed by atoms with E-state index in [0.29, 0.717) is 46.1 Å². The van der Waals surface area contributed by atoms with E-state index >= 15 is 0 Å². The summed E-state index contributed by atoms with van der Waals surface area (Å²) in [6.45, 7) is 2.74. The number of hydrogen-bond donors (Lipinski definition) is 0. The SMILES string of the molecule is COc1ccc(-c2cc(C3(C(=O)N4CCN(c5ccc(Cl)c(Cl)c5)CC4)CC3)no2)cc1OC. The number of ether oxygens (including phenoxy) is 2. The second-order valence-electron chi connectivity index (χ2n) is 8.61. The van der Waals surface area contributed by atoms with Crippen LogP contribution in [0.4, 0.5) is 5.69 Å². The highest BCUT2D eigenvalue weighted by Crippen LogP contribution is 2.50. The smallest absolute Gasteiger partial charge is 0.235 e. The van der Waals surface area contributed by atoms with Crippen molar-refractivity contribution in [2.24, 2.45) is 0 Å². The van der Waals surface area contributed by atoms with Crippen LogP contribution in [0.5, 0.6) is 11.5 Å². The fourth-order valence-electron chi connectivity index (χ4n) is 4.48. The van der Waals surface area contributed by atoms with Gasteiger partial charge in [-0.1, -0.05) is 28.4 Å². The average Bonchev–Trinajstić information content (AvgIpc) is 3.53. The van der Waals surface area contributed by atoms with Gasteiger partial charge in [0.15, 0.2) is 17.3 Å². The van der Waals surface area contributed by atoms with Gasteiger partial charge in [-0.25, -0.2) is 0 Å². The maximum atomic E-state index is 13.5. The molecule has 2 heterocycles. The summed E-state index contributed by atoms with van der Waals surface area (Å²) >= 11 is 12.2. The summed E-state index contributed by atoms with van der Waals surface area (Å²) in [4.78, 5) is 17.7. The van der Waals surface area contributed by atoms with Crippen LogP contribution in [0, 0.1) is 0 Å². The van der Waals surface area contributed by atoms with Crippen molar-refractivity contribution in [3.63, 3.8) is 0 Å². The minimum absolute atomic E-state index is 0.119. The molecule has 1 aliphatic carbocycles. The van der Waals surface area contributed by atoms with Crippen molar-refractivity contribution >= 4 is 34.8 Å². The molecule has 0 atom stereocenters. The molecule has 1 aromatic heterocycles. The molecule has 1 saturated carbocycles. The predicted molar refractivity (Wildman–Crippen MR) is 131 cm³/mol. The van der Waals surface area contributed by atoms with Crippen LogP contribution in [0.2, 0.25) is 10.0 Å². The molecule has 0 radical (unpaired) electrons. The Morgan fingerprint density at radius 1 is 0.941 bits per heavy atom. The van der Waals surface area contributed by atoms with Gasteiger partial charge in [-0.15, -0.1) is 0 Å². The molecule has 1 aliphatic heterocycles. The van der Waals surface area contributed by atoms with E-state index in [1.807, 2.05) is 41.3 Å². The third-order valence-electron chi connectivity index (χ3n) is 6.66. The van der Waals surface area contributed by atoms with Crippen LogP contribution in [-0.2, 0) is 10.2 Å². The van der Waals surface area contributed by atoms with Gasteiger partial charge in [0.1, 0.15) is 0 Å². The van der Waals surface area contributed by atoms with Crippen molar-refractivity contribution in [2.75, 3.05) is 45.3 Å². The molecule has 1 amide bonds. The molecule has 2 aliphatic rings. The van der Waals surface area contributed by atoms with Gasteiger partial charge in [-0.05, 0) is 49.2 Å². The monoisotopic (exact) mass is 501 g/mol. The number of rotatable bonds is 6. The largest absolute Gasteiger partial charge is 0.493 e. The molecule has 0 unspecified atom stereocenters. The molecule has 0 bridgehead atoms. The first-order chi connectivity index (χ1) is 16.4. The van der Waals surface area contributed by atoms with E-state index in [1.165, 1.54) is 0 Å². The lowest BCUT2D eigenvalue weighted by molar-refractivity contribution is -0.134. The van der Waals surface area contributed by atoms with Crippen LogP contribution >= 0.6 is 23.2 Å². The second-order valence-corrected chi connectivity index (χ2v) is 9.42. The van der Waals surface area contributed by atoms with E-state index in [4.69, 9.17) is 37.2 Å². The van der Waals surface area contributed by atoms with Crippen molar-refractivity contribution in [3.8, 4) is 22.8 Å². The second kappa shape index (κ2) is 9.04. The highest BCUT2D eigenvalue weighted by atomic mass is 35.5. The first-order valence-corrected chi connectivity index (χ1v) is 11.9. The Balaban J connectivity index is 1.28. The molecule has 9 heteroatoms. The Hall–Kier alpha value is -2.90. The maximum Gasteiger partial charge on any atom is 0.235 e. The summed E-state index contributed by atoms with van der Waals surface area (Å²) in [5, 5.41) is 5.36. The lowest BCUT2D eigenvalue weighted by atomic mass is 9.99. The lowest BCUT2D eigenvalue weighted by Gasteiger charge is -2.37. The van der Waals surface area contributed by atoms with Crippen LogP contribution < -0.4 is 14.4 Å². The van der Waals surface area contributed by atoms with Gasteiger partial charge < -0.3 is 23.8 Å². The Labute approximate surface area is 208 Å². The number of methoxy groups -OCH3 is 2. The maximum absolute atomic E-state index is 13.5. The summed E-state index contributed by atoms with van der Waals surface area (Å²) in [6, 6.07) is 13.0. The van der Waals surface area contributed by atoms with Crippen molar-refractivity contribution in [2.45, 2.75) is 18.3 Å². The van der Waals surface area contributed by atoms with Gasteiger partial charge in [-0.3, -0.25) is 4.79 Å². The Kier molecular flexibility index (Phi) is 6.08. The summed E-state index contributed by atoms with van der Waals surface area (Å²) in [7, 11) is 3.18. The Morgan fingerprint density at radius 3 is 2.32 bits per heavy atom. The Morgan fingerprint density at radius 2 is 1.68 bits per heavy atom. The van der Waals surface area contributed by atoms with Crippen molar-refractivity contribution < 1.29 is 18.8 Å². The molecule has 0 spiro atoms. The number of anilines is 1. The summed E-state index contributed by atoms with van der Waals surface area (Å²) in [5.74, 6) is 1.96. The van der Waals surface area contributed by atoms with Crippen molar-refractivity contribution in [1.29, 1.82) is 0 Å². The zero-order chi connectivity index (χ0) is 23.9. The number of piperazine rings is 1. The standard InChI is InChI=1S/C25H25Cl2N3O4/c1-32-20-6-3-16(13-22(20)33-2)21-15-23(28-34-21)25(7-8-25)24(31)30-11-9-29(10-12-30)17-4-5-18(26)19(27)14-17/h3-6,13-15H,7-12H2,1-2H3. The molecule has 7 nitrogen and oxygen atoms in total. The molecule has 2 fully saturated rings. The fourth-order valence-corrected chi connectivity index (χ4v) is 4.78. The topological polar surface area (TPSA) is 68.0 Å². The zero-order valence-electron chi connectivity index (χ0n) is 19.0. The van der Waals surface area contributed by atoms with Crippen LogP contribution in [-0.4, -0.2) is 56.4 Å². The molecule has 5 rings (SSSR count).